The van der Waals surface area contributed by atoms with Gasteiger partial charge in [-0.2, -0.15) is 8.78 Å². The number of nitrogens with one attached hydrogen (secondary N) is 3. The first kappa shape index (κ1) is 40.9. The van der Waals surface area contributed by atoms with Gasteiger partial charge in [-0.05, 0) is 37.1 Å². The summed E-state index contributed by atoms with van der Waals surface area (Å²) in [5.41, 5.74) is -0.652. The van der Waals surface area contributed by atoms with E-state index in [1.54, 1.807) is 67.7 Å². The zero-order chi connectivity index (χ0) is 40.1. The first-order valence-corrected chi connectivity index (χ1v) is 16.9. The maximum absolute atomic E-state index is 15.4. The smallest absolute Gasteiger partial charge is 0.412 e. The number of carbonyl (C=O) groups is 5. The van der Waals surface area contributed by atoms with E-state index in [4.69, 9.17) is 4.74 Å². The van der Waals surface area contributed by atoms with Crippen molar-refractivity contribution < 1.29 is 42.4 Å². The number of carbonyl (C=O) groups excluding carboxylic acids is 5. The van der Waals surface area contributed by atoms with Crippen molar-refractivity contribution in [2.75, 3.05) is 25.0 Å². The molecule has 55 heavy (non-hydrogen) atoms. The average molecular weight is 762 g/mol. The van der Waals surface area contributed by atoms with Crippen LogP contribution >= 0.6 is 0 Å². The Morgan fingerprint density at radius 1 is 0.927 bits per heavy atom. The number of halogens is 2. The summed E-state index contributed by atoms with van der Waals surface area (Å²) in [6.07, 6.45) is -0.567. The number of ether oxygens (including phenoxy) is 1. The molecule has 0 aliphatic carbocycles. The molecule has 0 saturated heterocycles. The zero-order valence-electron chi connectivity index (χ0n) is 29.7. The van der Waals surface area contributed by atoms with E-state index in [9.17, 15) is 38.9 Å². The van der Waals surface area contributed by atoms with Crippen molar-refractivity contribution in [1.29, 1.82) is 0 Å². The maximum atomic E-state index is 15.4. The second-order valence-corrected chi connectivity index (χ2v) is 11.9. The van der Waals surface area contributed by atoms with Crippen LogP contribution in [0.1, 0.15) is 25.0 Å². The van der Waals surface area contributed by atoms with E-state index in [1.807, 2.05) is 0 Å². The summed E-state index contributed by atoms with van der Waals surface area (Å²) in [5, 5.41) is 17.5. The molecule has 4 amide bonds. The monoisotopic (exact) mass is 761 g/mol. The van der Waals surface area contributed by atoms with Gasteiger partial charge in [0.05, 0.1) is 23.7 Å². The molecular formula is C37H37F2N7O9. The number of nitrogens with zero attached hydrogens (tertiary/aromatic N) is 4. The summed E-state index contributed by atoms with van der Waals surface area (Å²) in [4.78, 5) is 94.3. The maximum Gasteiger partial charge on any atom is 0.412 e. The normalized spacial score (nSPS) is 11.5. The minimum absolute atomic E-state index is 0.119. The number of benzene rings is 3. The van der Waals surface area contributed by atoms with Crippen molar-refractivity contribution in [2.24, 2.45) is 0 Å². The third kappa shape index (κ3) is 10.8. The van der Waals surface area contributed by atoms with Crippen molar-refractivity contribution in [1.82, 2.24) is 25.1 Å². The predicted octanol–water partition coefficient (Wildman–Crippen LogP) is 3.48. The lowest BCUT2D eigenvalue weighted by Gasteiger charge is -2.24. The van der Waals surface area contributed by atoms with Gasteiger partial charge in [-0.15, -0.1) is 0 Å². The molecule has 288 valence electrons. The Hall–Kier alpha value is -6.85. The molecule has 3 aromatic carbocycles. The average Bonchev–Trinajstić information content (AvgIpc) is 3.18. The summed E-state index contributed by atoms with van der Waals surface area (Å²) < 4.78 is 36.8. The number of nitro groups is 1. The van der Waals surface area contributed by atoms with Crippen molar-refractivity contribution >= 4 is 41.0 Å². The number of non-ortho nitro benzene ring substituents is 1. The summed E-state index contributed by atoms with van der Waals surface area (Å²) >= 11 is 0. The van der Waals surface area contributed by atoms with E-state index in [-0.39, 0.29) is 36.8 Å². The van der Waals surface area contributed by atoms with Crippen LogP contribution in [0.4, 0.5) is 25.0 Å². The van der Waals surface area contributed by atoms with Crippen molar-refractivity contribution in [3.63, 3.8) is 0 Å². The number of alkyl halides is 2. The first-order valence-electron chi connectivity index (χ1n) is 16.9. The quantitative estimate of drug-likeness (QED) is 0.0810. The fourth-order valence-electron chi connectivity index (χ4n) is 5.28. The molecule has 0 fully saturated rings. The number of Topliss-reactive ketones (excluding diaryl/α,β-unsaturated/α-hetero) is 1. The molecule has 4 aromatic rings. The SMILES string of the molecule is CCN(CC)C(=O)CNC(=O)C(F)(F)C(=O)C(Cc1ccccc1)NC(=O)Cn1c(-c2ccc([N+](=O)[O-])cc2)ncc(NC(=O)OCc2ccccc2)c1=O. The van der Waals surface area contributed by atoms with Gasteiger partial charge in [-0.1, -0.05) is 60.7 Å². The van der Waals surface area contributed by atoms with Crippen LogP contribution in [0.2, 0.25) is 0 Å². The lowest BCUT2D eigenvalue weighted by molar-refractivity contribution is -0.384. The number of hydrogen-bond acceptors (Lipinski definition) is 10. The second-order valence-electron chi connectivity index (χ2n) is 11.9. The van der Waals surface area contributed by atoms with Gasteiger partial charge in [0.1, 0.15) is 24.7 Å². The van der Waals surface area contributed by atoms with E-state index < -0.39 is 77.2 Å². The molecule has 4 rings (SSSR count). The lowest BCUT2D eigenvalue weighted by Crippen LogP contribution is -2.56. The molecule has 1 unspecified atom stereocenters. The van der Waals surface area contributed by atoms with Gasteiger partial charge in [-0.25, -0.2) is 9.78 Å². The van der Waals surface area contributed by atoms with E-state index >= 15 is 8.78 Å². The van der Waals surface area contributed by atoms with Crippen LogP contribution in [-0.4, -0.2) is 80.6 Å². The number of rotatable bonds is 17. The summed E-state index contributed by atoms with van der Waals surface area (Å²) in [6, 6.07) is 19.1. The largest absolute Gasteiger partial charge is 0.444 e. The van der Waals surface area contributed by atoms with Crippen molar-refractivity contribution in [3.05, 3.63) is 123 Å². The molecule has 0 saturated carbocycles. The van der Waals surface area contributed by atoms with Gasteiger partial charge < -0.3 is 20.3 Å². The number of nitro benzene ring substituents is 1. The minimum Gasteiger partial charge on any atom is -0.444 e. The van der Waals surface area contributed by atoms with Gasteiger partial charge in [0.25, 0.3) is 17.2 Å². The fraction of sp³-hybridized carbons (Fsp3) is 0.270. The fourth-order valence-corrected chi connectivity index (χ4v) is 5.28. The molecule has 0 spiro atoms. The highest BCUT2D eigenvalue weighted by atomic mass is 19.3. The molecular weight excluding hydrogens is 724 g/mol. The van der Waals surface area contributed by atoms with E-state index in [0.29, 0.717) is 11.1 Å². The molecule has 0 aliphatic rings. The molecule has 1 atom stereocenters. The Bertz CT molecular complexity index is 2080. The second kappa shape index (κ2) is 18.8. The number of ketones is 1. The van der Waals surface area contributed by atoms with Crippen LogP contribution < -0.4 is 21.5 Å². The number of amides is 4. The number of hydrogen-bond donors (Lipinski definition) is 3. The third-order valence-electron chi connectivity index (χ3n) is 8.18. The Morgan fingerprint density at radius 3 is 2.11 bits per heavy atom. The van der Waals surface area contributed by atoms with Gasteiger partial charge in [0.2, 0.25) is 17.6 Å². The summed E-state index contributed by atoms with van der Waals surface area (Å²) in [6.45, 7) is 1.92. The molecule has 18 heteroatoms. The van der Waals surface area contributed by atoms with Crippen LogP contribution in [0.25, 0.3) is 11.4 Å². The molecule has 1 aromatic heterocycles. The van der Waals surface area contributed by atoms with Crippen LogP contribution in [0.5, 0.6) is 0 Å². The molecule has 0 bridgehead atoms. The highest BCUT2D eigenvalue weighted by Crippen LogP contribution is 2.22. The third-order valence-corrected chi connectivity index (χ3v) is 8.18. The molecule has 0 aliphatic heterocycles. The van der Waals surface area contributed by atoms with Gasteiger partial charge >= 0.3 is 12.0 Å². The van der Waals surface area contributed by atoms with E-state index in [0.717, 1.165) is 22.9 Å². The molecule has 0 radical (unpaired) electrons. The van der Waals surface area contributed by atoms with Gasteiger partial charge in [0.15, 0.2) is 0 Å². The van der Waals surface area contributed by atoms with Crippen molar-refractivity contribution in [3.8, 4) is 11.4 Å². The zero-order valence-corrected chi connectivity index (χ0v) is 29.7. The summed E-state index contributed by atoms with van der Waals surface area (Å²) in [7, 11) is 0. The van der Waals surface area contributed by atoms with Crippen LogP contribution in [0, 0.1) is 10.1 Å². The van der Waals surface area contributed by atoms with Crippen LogP contribution in [0.15, 0.2) is 95.9 Å². The van der Waals surface area contributed by atoms with Crippen LogP contribution in [-0.2, 0) is 43.5 Å². The Labute approximate surface area is 312 Å². The van der Waals surface area contributed by atoms with Gasteiger partial charge in [0, 0.05) is 37.2 Å². The Kier molecular flexibility index (Phi) is 14.0. The predicted molar refractivity (Wildman–Crippen MR) is 194 cm³/mol. The topological polar surface area (TPSA) is 212 Å². The Morgan fingerprint density at radius 2 is 1.53 bits per heavy atom. The van der Waals surface area contributed by atoms with E-state index in [2.05, 4.69) is 15.6 Å². The van der Waals surface area contributed by atoms with E-state index in [1.165, 1.54) is 29.2 Å². The van der Waals surface area contributed by atoms with Gasteiger partial charge in [-0.3, -0.25) is 44.0 Å². The molecule has 16 nitrogen and oxygen atoms in total. The standard InChI is InChI=1S/C37H37F2N7O9/c1-3-44(4-2)31(48)21-41-35(51)37(38,39)32(49)28(19-24-11-7-5-8-12-24)42-30(47)22-45-33(26-15-17-27(18-16-26)46(53)54)40-20-29(34(45)50)43-36(52)55-23-25-13-9-6-10-14-25/h5-18,20,28H,3-4,19,21-23H2,1-2H3,(H,41,51)(H,42,47)(H,43,52). The molecule has 3 N–H and O–H groups in total. The minimum atomic E-state index is -4.71. The number of anilines is 1. The number of likely N-dealkylation sites (N-methyl/N-ethyl adjacent to an activating group) is 1. The first-order chi connectivity index (χ1) is 26.2. The van der Waals surface area contributed by atoms with Crippen molar-refractivity contribution in [2.45, 2.75) is 45.4 Å². The highest BCUT2D eigenvalue weighted by Gasteiger charge is 2.50. The number of aromatic nitrogens is 2. The summed E-state index contributed by atoms with van der Waals surface area (Å²) in [5.74, 6) is -10.8. The van der Waals surface area contributed by atoms with Crippen LogP contribution in [0.3, 0.4) is 0 Å². The molecule has 1 heterocycles. The Balaban J connectivity index is 1.63. The highest BCUT2D eigenvalue weighted by molar-refractivity contribution is 6.11. The lowest BCUT2D eigenvalue weighted by atomic mass is 9.98.